The molecule has 0 aliphatic rings. The summed E-state index contributed by atoms with van der Waals surface area (Å²) in [4.78, 5) is 0. The van der Waals surface area contributed by atoms with Crippen molar-refractivity contribution in [1.82, 2.24) is 15.0 Å². The van der Waals surface area contributed by atoms with E-state index in [9.17, 15) is 4.39 Å². The van der Waals surface area contributed by atoms with Crippen LogP contribution in [-0.4, -0.2) is 20.9 Å². The van der Waals surface area contributed by atoms with Crippen LogP contribution < -0.4 is 0 Å². The molecule has 0 radical (unpaired) electrons. The summed E-state index contributed by atoms with van der Waals surface area (Å²) in [6.45, 7) is 1.84. The SMILES string of the molecule is Cc1cc(F)c(Br)cc1-n1cc(CCCCl)nn1. The average molecular weight is 333 g/mol. The number of halogens is 3. The van der Waals surface area contributed by atoms with Crippen LogP contribution in [0.5, 0.6) is 0 Å². The van der Waals surface area contributed by atoms with Gasteiger partial charge in [0.15, 0.2) is 0 Å². The van der Waals surface area contributed by atoms with E-state index in [0.29, 0.717) is 10.4 Å². The van der Waals surface area contributed by atoms with Gasteiger partial charge in [-0.25, -0.2) is 9.07 Å². The van der Waals surface area contributed by atoms with E-state index >= 15 is 0 Å². The van der Waals surface area contributed by atoms with Crippen molar-refractivity contribution in [3.63, 3.8) is 0 Å². The lowest BCUT2D eigenvalue weighted by Gasteiger charge is -2.06. The number of hydrogen-bond acceptors (Lipinski definition) is 2. The topological polar surface area (TPSA) is 30.7 Å². The molecule has 0 saturated heterocycles. The van der Waals surface area contributed by atoms with Crippen LogP contribution >= 0.6 is 27.5 Å². The van der Waals surface area contributed by atoms with Crippen LogP contribution in [0.25, 0.3) is 5.69 Å². The third-order valence-electron chi connectivity index (χ3n) is 2.59. The number of aryl methyl sites for hydroxylation is 2. The Morgan fingerprint density at radius 3 is 2.94 bits per heavy atom. The van der Waals surface area contributed by atoms with E-state index in [2.05, 4.69) is 26.2 Å². The predicted molar refractivity (Wildman–Crippen MR) is 72.8 cm³/mol. The minimum absolute atomic E-state index is 0.279. The zero-order valence-corrected chi connectivity index (χ0v) is 12.2. The Kier molecular flexibility index (Phi) is 4.35. The van der Waals surface area contributed by atoms with Crippen LogP contribution in [-0.2, 0) is 6.42 Å². The monoisotopic (exact) mass is 331 g/mol. The largest absolute Gasteiger partial charge is 0.220 e. The van der Waals surface area contributed by atoms with Crippen LogP contribution in [0.4, 0.5) is 4.39 Å². The second kappa shape index (κ2) is 5.80. The zero-order valence-electron chi connectivity index (χ0n) is 9.83. The molecule has 2 aromatic rings. The van der Waals surface area contributed by atoms with Gasteiger partial charge >= 0.3 is 0 Å². The Bertz CT molecular complexity index is 556. The Balaban J connectivity index is 2.31. The predicted octanol–water partition coefficient (Wildman–Crippen LogP) is 3.65. The van der Waals surface area contributed by atoms with Crippen LogP contribution in [0.3, 0.4) is 0 Å². The highest BCUT2D eigenvalue weighted by molar-refractivity contribution is 9.10. The Morgan fingerprint density at radius 2 is 2.22 bits per heavy atom. The molecule has 18 heavy (non-hydrogen) atoms. The summed E-state index contributed by atoms with van der Waals surface area (Å²) in [5.41, 5.74) is 2.51. The van der Waals surface area contributed by atoms with E-state index in [1.54, 1.807) is 10.7 Å². The Hall–Kier alpha value is -0.940. The molecule has 0 bridgehead atoms. The standard InChI is InChI=1S/C12H12BrClFN3/c1-8-5-11(15)10(13)6-12(8)18-7-9(16-17-18)3-2-4-14/h5-7H,2-4H2,1H3. The number of alkyl halides is 1. The second-order valence-electron chi connectivity index (χ2n) is 4.00. The first kappa shape index (κ1) is 13.5. The summed E-state index contributed by atoms with van der Waals surface area (Å²) in [5, 5.41) is 8.12. The molecule has 0 fully saturated rings. The van der Waals surface area contributed by atoms with Crippen molar-refractivity contribution in [2.45, 2.75) is 19.8 Å². The van der Waals surface area contributed by atoms with Crippen LogP contribution in [0.15, 0.2) is 22.8 Å². The fourth-order valence-electron chi connectivity index (χ4n) is 1.66. The molecule has 1 aromatic heterocycles. The van der Waals surface area contributed by atoms with E-state index in [0.717, 1.165) is 29.8 Å². The molecular formula is C12H12BrClFN3. The maximum Gasteiger partial charge on any atom is 0.137 e. The summed E-state index contributed by atoms with van der Waals surface area (Å²) in [6.07, 6.45) is 3.51. The lowest BCUT2D eigenvalue weighted by molar-refractivity contribution is 0.618. The van der Waals surface area contributed by atoms with Crippen LogP contribution in [0.2, 0.25) is 0 Å². The van der Waals surface area contributed by atoms with E-state index in [1.165, 1.54) is 6.07 Å². The van der Waals surface area contributed by atoms with Gasteiger partial charge in [-0.05, 0) is 53.4 Å². The first-order valence-electron chi connectivity index (χ1n) is 5.55. The molecule has 3 nitrogen and oxygen atoms in total. The number of nitrogens with zero attached hydrogens (tertiary/aromatic N) is 3. The van der Waals surface area contributed by atoms with E-state index < -0.39 is 0 Å². The molecule has 0 atom stereocenters. The van der Waals surface area contributed by atoms with Gasteiger partial charge in [-0.15, -0.1) is 16.7 Å². The first-order chi connectivity index (χ1) is 8.61. The number of hydrogen-bond donors (Lipinski definition) is 0. The highest BCUT2D eigenvalue weighted by Crippen LogP contribution is 2.23. The summed E-state index contributed by atoms with van der Waals surface area (Å²) >= 11 is 8.81. The van der Waals surface area contributed by atoms with Gasteiger partial charge in [0.05, 0.1) is 22.1 Å². The summed E-state index contributed by atoms with van der Waals surface area (Å²) in [5.74, 6) is 0.326. The van der Waals surface area contributed by atoms with Gasteiger partial charge in [0.25, 0.3) is 0 Å². The third kappa shape index (κ3) is 2.90. The highest BCUT2D eigenvalue weighted by atomic mass is 79.9. The van der Waals surface area contributed by atoms with Gasteiger partial charge in [0.2, 0.25) is 0 Å². The smallest absolute Gasteiger partial charge is 0.137 e. The number of aromatic nitrogens is 3. The van der Waals surface area contributed by atoms with Crippen LogP contribution in [0.1, 0.15) is 17.7 Å². The van der Waals surface area contributed by atoms with Crippen molar-refractivity contribution in [2.75, 3.05) is 5.88 Å². The Labute approximate surface area is 118 Å². The minimum atomic E-state index is -0.279. The maximum absolute atomic E-state index is 13.3. The van der Waals surface area contributed by atoms with Crippen molar-refractivity contribution in [1.29, 1.82) is 0 Å². The van der Waals surface area contributed by atoms with Gasteiger partial charge in [0.1, 0.15) is 5.82 Å². The normalized spacial score (nSPS) is 10.9. The van der Waals surface area contributed by atoms with E-state index in [4.69, 9.17) is 11.6 Å². The van der Waals surface area contributed by atoms with E-state index in [-0.39, 0.29) is 5.82 Å². The molecule has 6 heteroatoms. The fourth-order valence-corrected chi connectivity index (χ4v) is 2.13. The van der Waals surface area contributed by atoms with Crippen molar-refractivity contribution in [2.24, 2.45) is 0 Å². The summed E-state index contributed by atoms with van der Waals surface area (Å²) in [7, 11) is 0. The van der Waals surface area contributed by atoms with Crippen molar-refractivity contribution >= 4 is 27.5 Å². The zero-order chi connectivity index (χ0) is 13.1. The van der Waals surface area contributed by atoms with E-state index in [1.807, 2.05) is 13.1 Å². The molecule has 1 aromatic carbocycles. The molecular weight excluding hydrogens is 321 g/mol. The lowest BCUT2D eigenvalue weighted by Crippen LogP contribution is -1.99. The minimum Gasteiger partial charge on any atom is -0.220 e. The molecule has 0 spiro atoms. The molecule has 0 aliphatic carbocycles. The molecule has 96 valence electrons. The van der Waals surface area contributed by atoms with Gasteiger partial charge in [-0.3, -0.25) is 0 Å². The molecule has 0 unspecified atom stereocenters. The van der Waals surface area contributed by atoms with Gasteiger partial charge in [-0.2, -0.15) is 0 Å². The molecule has 2 rings (SSSR count). The number of rotatable bonds is 4. The average Bonchev–Trinajstić information content (AvgIpc) is 2.79. The second-order valence-corrected chi connectivity index (χ2v) is 5.23. The molecule has 0 saturated carbocycles. The highest BCUT2D eigenvalue weighted by Gasteiger charge is 2.09. The third-order valence-corrected chi connectivity index (χ3v) is 3.47. The quantitative estimate of drug-likeness (QED) is 0.800. The molecule has 0 aliphatic heterocycles. The maximum atomic E-state index is 13.3. The fraction of sp³-hybridized carbons (Fsp3) is 0.333. The Morgan fingerprint density at radius 1 is 1.44 bits per heavy atom. The first-order valence-corrected chi connectivity index (χ1v) is 6.88. The van der Waals surface area contributed by atoms with Gasteiger partial charge in [0, 0.05) is 5.88 Å². The van der Waals surface area contributed by atoms with Gasteiger partial charge in [-0.1, -0.05) is 5.21 Å². The van der Waals surface area contributed by atoms with Crippen molar-refractivity contribution in [3.05, 3.63) is 39.9 Å². The van der Waals surface area contributed by atoms with Crippen molar-refractivity contribution in [3.8, 4) is 5.69 Å². The molecule has 0 amide bonds. The number of benzene rings is 1. The van der Waals surface area contributed by atoms with Gasteiger partial charge < -0.3 is 0 Å². The molecule has 0 N–H and O–H groups in total. The van der Waals surface area contributed by atoms with Crippen LogP contribution in [0, 0.1) is 12.7 Å². The lowest BCUT2D eigenvalue weighted by atomic mass is 10.2. The summed E-state index contributed by atoms with van der Waals surface area (Å²) in [6, 6.07) is 3.17. The van der Waals surface area contributed by atoms with Crippen molar-refractivity contribution < 1.29 is 4.39 Å². The summed E-state index contributed by atoms with van der Waals surface area (Å²) < 4.78 is 15.4. The molecule has 1 heterocycles.